The molecule has 0 bridgehead atoms. The molecule has 7 nitrogen and oxygen atoms in total. The number of aromatic nitrogens is 1. The van der Waals surface area contributed by atoms with Crippen LogP contribution in [0.4, 0.5) is 0 Å². The summed E-state index contributed by atoms with van der Waals surface area (Å²) < 4.78 is 0. The summed E-state index contributed by atoms with van der Waals surface area (Å²) >= 11 is 0. The van der Waals surface area contributed by atoms with Crippen LogP contribution in [0.25, 0.3) is 10.9 Å². The van der Waals surface area contributed by atoms with E-state index in [1.165, 1.54) is 0 Å². The fourth-order valence-electron chi connectivity index (χ4n) is 3.55. The van der Waals surface area contributed by atoms with E-state index in [0.717, 1.165) is 36.1 Å². The Hall–Kier alpha value is -3.16. The van der Waals surface area contributed by atoms with Crippen LogP contribution >= 0.6 is 0 Å². The Balaban J connectivity index is 1.34. The Labute approximate surface area is 162 Å². The molecule has 2 heterocycles. The molecule has 1 aliphatic heterocycles. The molecule has 2 amide bonds. The molecule has 1 aliphatic rings. The van der Waals surface area contributed by atoms with E-state index >= 15 is 0 Å². The van der Waals surface area contributed by atoms with Gasteiger partial charge in [-0.05, 0) is 29.8 Å². The van der Waals surface area contributed by atoms with E-state index in [9.17, 15) is 9.59 Å². The molecule has 0 saturated carbocycles. The molecule has 0 radical (unpaired) electrons. The zero-order valence-electron chi connectivity index (χ0n) is 15.4. The fourth-order valence-corrected chi connectivity index (χ4v) is 3.55. The third-order valence-corrected chi connectivity index (χ3v) is 5.14. The summed E-state index contributed by atoms with van der Waals surface area (Å²) in [4.78, 5) is 31.5. The molecule has 3 N–H and O–H groups in total. The lowest BCUT2D eigenvalue weighted by Gasteiger charge is -2.34. The number of amides is 2. The minimum atomic E-state index is -0.518. The maximum atomic E-state index is 12.8. The van der Waals surface area contributed by atoms with Crippen molar-refractivity contribution < 1.29 is 14.8 Å². The number of piperazine rings is 1. The predicted octanol–water partition coefficient (Wildman–Crippen LogP) is 2.24. The van der Waals surface area contributed by atoms with Crippen LogP contribution in [0.15, 0.2) is 54.6 Å². The van der Waals surface area contributed by atoms with Crippen LogP contribution in [0.2, 0.25) is 0 Å². The number of nitrogens with one attached hydrogen (secondary N) is 2. The first-order valence-corrected chi connectivity index (χ1v) is 9.27. The molecule has 144 valence electrons. The number of carbonyl (C=O) groups excluding carboxylic acids is 2. The highest BCUT2D eigenvalue weighted by Gasteiger charge is 2.23. The zero-order chi connectivity index (χ0) is 19.5. The number of benzene rings is 2. The van der Waals surface area contributed by atoms with E-state index in [4.69, 9.17) is 5.21 Å². The maximum absolute atomic E-state index is 12.8. The number of carbonyl (C=O) groups is 2. The molecule has 1 fully saturated rings. The highest BCUT2D eigenvalue weighted by molar-refractivity contribution is 5.98. The second-order valence-corrected chi connectivity index (χ2v) is 6.98. The first-order chi connectivity index (χ1) is 13.6. The van der Waals surface area contributed by atoms with Crippen molar-refractivity contribution in [3.8, 4) is 0 Å². The number of hydrogen-bond donors (Lipinski definition) is 3. The number of aromatic amines is 1. The van der Waals surface area contributed by atoms with Gasteiger partial charge in [-0.1, -0.05) is 30.3 Å². The van der Waals surface area contributed by atoms with E-state index in [2.05, 4.69) is 9.88 Å². The van der Waals surface area contributed by atoms with Crippen LogP contribution < -0.4 is 5.48 Å². The number of H-pyrrole nitrogens is 1. The quantitative estimate of drug-likeness (QED) is 0.480. The number of rotatable bonds is 4. The number of hydroxylamine groups is 1. The third-order valence-electron chi connectivity index (χ3n) is 5.14. The molecular weight excluding hydrogens is 356 g/mol. The summed E-state index contributed by atoms with van der Waals surface area (Å²) in [5.41, 5.74) is 4.74. The van der Waals surface area contributed by atoms with Crippen molar-refractivity contribution in [3.05, 3.63) is 71.4 Å². The first-order valence-electron chi connectivity index (χ1n) is 9.27. The van der Waals surface area contributed by atoms with E-state index in [-0.39, 0.29) is 5.91 Å². The van der Waals surface area contributed by atoms with Gasteiger partial charge < -0.3 is 9.88 Å². The number of nitrogens with zero attached hydrogens (tertiary/aromatic N) is 2. The van der Waals surface area contributed by atoms with E-state index in [1.807, 2.05) is 47.4 Å². The van der Waals surface area contributed by atoms with Crippen LogP contribution in [-0.4, -0.2) is 58.0 Å². The van der Waals surface area contributed by atoms with Crippen molar-refractivity contribution in [2.45, 2.75) is 6.54 Å². The number of hydrogen-bond acceptors (Lipinski definition) is 4. The average Bonchev–Trinajstić information content (AvgIpc) is 3.18. The van der Waals surface area contributed by atoms with E-state index < -0.39 is 5.91 Å². The first kappa shape index (κ1) is 18.2. The van der Waals surface area contributed by atoms with Gasteiger partial charge >= 0.3 is 0 Å². The van der Waals surface area contributed by atoms with Gasteiger partial charge in [0.15, 0.2) is 0 Å². The summed E-state index contributed by atoms with van der Waals surface area (Å²) in [6, 6.07) is 16.9. The third kappa shape index (κ3) is 3.76. The molecule has 4 rings (SSSR count). The van der Waals surface area contributed by atoms with Crippen LogP contribution in [0, 0.1) is 0 Å². The van der Waals surface area contributed by atoms with Gasteiger partial charge in [0.05, 0.1) is 0 Å². The normalized spacial score (nSPS) is 15.0. The average molecular weight is 378 g/mol. The van der Waals surface area contributed by atoms with Gasteiger partial charge in [-0.3, -0.25) is 19.7 Å². The van der Waals surface area contributed by atoms with Gasteiger partial charge in [-0.2, -0.15) is 0 Å². The highest BCUT2D eigenvalue weighted by Crippen LogP contribution is 2.17. The minimum absolute atomic E-state index is 0.0372. The van der Waals surface area contributed by atoms with Crippen molar-refractivity contribution in [3.63, 3.8) is 0 Å². The number of fused-ring (bicyclic) bond motifs is 1. The molecular formula is C21H22N4O3. The van der Waals surface area contributed by atoms with E-state index in [1.54, 1.807) is 17.6 Å². The van der Waals surface area contributed by atoms with Gasteiger partial charge in [-0.15, -0.1) is 0 Å². The topological polar surface area (TPSA) is 88.7 Å². The Morgan fingerprint density at radius 1 is 1.00 bits per heavy atom. The van der Waals surface area contributed by atoms with Crippen molar-refractivity contribution in [2.75, 3.05) is 26.2 Å². The largest absolute Gasteiger partial charge is 0.351 e. The highest BCUT2D eigenvalue weighted by atomic mass is 16.5. The lowest BCUT2D eigenvalue weighted by Crippen LogP contribution is -2.48. The summed E-state index contributed by atoms with van der Waals surface area (Å²) in [5.74, 6) is -0.481. The Kier molecular flexibility index (Phi) is 5.10. The van der Waals surface area contributed by atoms with Crippen molar-refractivity contribution in [2.24, 2.45) is 0 Å². The molecule has 2 aromatic carbocycles. The van der Waals surface area contributed by atoms with Crippen LogP contribution in [0.1, 0.15) is 26.4 Å². The molecule has 1 saturated heterocycles. The summed E-state index contributed by atoms with van der Waals surface area (Å²) in [7, 11) is 0. The lowest BCUT2D eigenvalue weighted by atomic mass is 10.1. The second kappa shape index (κ2) is 7.84. The van der Waals surface area contributed by atoms with Crippen molar-refractivity contribution >= 4 is 22.7 Å². The zero-order valence-corrected chi connectivity index (χ0v) is 15.4. The summed E-state index contributed by atoms with van der Waals surface area (Å²) in [5, 5.41) is 9.71. The Bertz CT molecular complexity index is 955. The number of para-hydroxylation sites is 1. The summed E-state index contributed by atoms with van der Waals surface area (Å²) in [6.07, 6.45) is 0. The maximum Gasteiger partial charge on any atom is 0.274 e. The minimum Gasteiger partial charge on any atom is -0.351 e. The SMILES string of the molecule is O=C(NO)c1ccc(CN2CCN(C(=O)c3cc4ccccc4[nH]3)CC2)cc1. The Morgan fingerprint density at radius 3 is 2.39 bits per heavy atom. The lowest BCUT2D eigenvalue weighted by molar-refractivity contribution is 0.0623. The van der Waals surface area contributed by atoms with Crippen LogP contribution in [-0.2, 0) is 6.54 Å². The molecule has 0 aliphatic carbocycles. The van der Waals surface area contributed by atoms with E-state index in [0.29, 0.717) is 24.3 Å². The molecule has 1 aromatic heterocycles. The molecule has 0 unspecified atom stereocenters. The monoisotopic (exact) mass is 378 g/mol. The van der Waals surface area contributed by atoms with Crippen LogP contribution in [0.3, 0.4) is 0 Å². The van der Waals surface area contributed by atoms with Gasteiger partial charge in [0.1, 0.15) is 5.69 Å². The second-order valence-electron chi connectivity index (χ2n) is 6.98. The van der Waals surface area contributed by atoms with Gasteiger partial charge in [-0.25, -0.2) is 5.48 Å². The predicted molar refractivity (Wildman–Crippen MR) is 105 cm³/mol. The molecule has 0 spiro atoms. The van der Waals surface area contributed by atoms with Gasteiger partial charge in [0, 0.05) is 49.2 Å². The van der Waals surface area contributed by atoms with Gasteiger partial charge in [0.2, 0.25) is 0 Å². The Morgan fingerprint density at radius 2 is 1.71 bits per heavy atom. The van der Waals surface area contributed by atoms with Gasteiger partial charge in [0.25, 0.3) is 11.8 Å². The fraction of sp³-hybridized carbons (Fsp3) is 0.238. The standard InChI is InChI=1S/C21H22N4O3/c26-20(23-28)16-7-5-15(6-8-16)14-24-9-11-25(12-10-24)21(27)19-13-17-3-1-2-4-18(17)22-19/h1-8,13,22,28H,9-12,14H2,(H,23,26). The molecule has 0 atom stereocenters. The molecule has 7 heteroatoms. The summed E-state index contributed by atoms with van der Waals surface area (Å²) in [6.45, 7) is 3.71. The molecule has 3 aromatic rings. The molecule has 28 heavy (non-hydrogen) atoms. The van der Waals surface area contributed by atoms with Crippen molar-refractivity contribution in [1.29, 1.82) is 0 Å². The van der Waals surface area contributed by atoms with Crippen LogP contribution in [0.5, 0.6) is 0 Å². The van der Waals surface area contributed by atoms with Crippen molar-refractivity contribution in [1.82, 2.24) is 20.3 Å². The smallest absolute Gasteiger partial charge is 0.274 e.